The zero-order valence-corrected chi connectivity index (χ0v) is 18.3. The first-order chi connectivity index (χ1) is 14.1. The minimum absolute atomic E-state index is 0.0339. The molecule has 1 heterocycles. The third kappa shape index (κ3) is 5.99. The highest BCUT2D eigenvalue weighted by Crippen LogP contribution is 2.24. The molecule has 0 saturated heterocycles. The highest BCUT2D eigenvalue weighted by atomic mass is 32.1. The zero-order chi connectivity index (χ0) is 20.6. The molecule has 0 spiro atoms. The molecule has 0 atom stereocenters. The Hall–Kier alpha value is -2.50. The highest BCUT2D eigenvalue weighted by Gasteiger charge is 2.08. The van der Waals surface area contributed by atoms with E-state index in [1.807, 2.05) is 24.3 Å². The Kier molecular flexibility index (Phi) is 7.55. The molecule has 3 aromatic rings. The maximum absolute atomic E-state index is 12.4. The van der Waals surface area contributed by atoms with Crippen LogP contribution in [0.5, 0.6) is 0 Å². The third-order valence-corrected chi connectivity index (χ3v) is 5.97. The summed E-state index contributed by atoms with van der Waals surface area (Å²) in [6.45, 7) is 9.97. The second-order valence-corrected chi connectivity index (χ2v) is 8.03. The Morgan fingerprint density at radius 3 is 2.38 bits per heavy atom. The lowest BCUT2D eigenvalue weighted by Crippen LogP contribution is -2.26. The van der Waals surface area contributed by atoms with Gasteiger partial charge >= 0.3 is 0 Å². The number of rotatable bonds is 9. The first-order valence-electron chi connectivity index (χ1n) is 10.2. The van der Waals surface area contributed by atoms with E-state index in [0.717, 1.165) is 42.3 Å². The van der Waals surface area contributed by atoms with Crippen LogP contribution in [0.1, 0.15) is 41.0 Å². The first kappa shape index (κ1) is 21.2. The molecule has 0 saturated carbocycles. The molecule has 0 fully saturated rings. The van der Waals surface area contributed by atoms with Gasteiger partial charge in [0.25, 0.3) is 5.91 Å². The number of nitrogens with one attached hydrogen (secondary N) is 1. The van der Waals surface area contributed by atoms with Gasteiger partial charge in [0.1, 0.15) is 5.01 Å². The molecule has 0 aliphatic heterocycles. The summed E-state index contributed by atoms with van der Waals surface area (Å²) in [7, 11) is 0. The van der Waals surface area contributed by atoms with Gasteiger partial charge in [0, 0.05) is 36.0 Å². The van der Waals surface area contributed by atoms with Gasteiger partial charge in [0.05, 0.1) is 5.69 Å². The van der Waals surface area contributed by atoms with Gasteiger partial charge in [-0.15, -0.1) is 11.3 Å². The van der Waals surface area contributed by atoms with Crippen LogP contribution < -0.4 is 5.32 Å². The normalized spacial score (nSPS) is 11.0. The number of carbonyl (C=O) groups is 1. The number of amides is 1. The number of carbonyl (C=O) groups excluding carboxylic acids is 1. The Morgan fingerprint density at radius 2 is 1.72 bits per heavy atom. The van der Waals surface area contributed by atoms with Crippen molar-refractivity contribution in [3.63, 3.8) is 0 Å². The fourth-order valence-electron chi connectivity index (χ4n) is 3.12. The fraction of sp³-hybridized carbons (Fsp3) is 0.333. The van der Waals surface area contributed by atoms with Gasteiger partial charge in [0.2, 0.25) is 0 Å². The molecule has 1 aromatic heterocycles. The standard InChI is InChI=1S/C24H29N3OS/c1-4-27(5-2)16-19-8-12-20(13-9-19)23(28)25-15-14-22-17-29-24(26-22)21-10-6-18(3)7-11-21/h6-13,17H,4-5,14-16H2,1-3H3,(H,25,28). The van der Waals surface area contributed by atoms with E-state index in [0.29, 0.717) is 12.1 Å². The Balaban J connectivity index is 1.49. The minimum atomic E-state index is -0.0339. The second-order valence-electron chi connectivity index (χ2n) is 7.17. The zero-order valence-electron chi connectivity index (χ0n) is 17.4. The predicted octanol–water partition coefficient (Wildman–Crippen LogP) is 4.93. The van der Waals surface area contributed by atoms with Crippen LogP contribution in [0.15, 0.2) is 53.9 Å². The Labute approximate surface area is 177 Å². The summed E-state index contributed by atoms with van der Waals surface area (Å²) in [6, 6.07) is 16.3. The molecule has 1 amide bonds. The second kappa shape index (κ2) is 10.3. The van der Waals surface area contributed by atoms with Gasteiger partial charge in [0.15, 0.2) is 0 Å². The molecule has 0 aliphatic carbocycles. The molecule has 0 unspecified atom stereocenters. The molecule has 0 bridgehead atoms. The molecular formula is C24H29N3OS. The minimum Gasteiger partial charge on any atom is -0.352 e. The van der Waals surface area contributed by atoms with E-state index in [4.69, 9.17) is 4.98 Å². The van der Waals surface area contributed by atoms with E-state index in [-0.39, 0.29) is 5.91 Å². The number of aromatic nitrogens is 1. The average molecular weight is 408 g/mol. The topological polar surface area (TPSA) is 45.2 Å². The van der Waals surface area contributed by atoms with Crippen LogP contribution in [-0.4, -0.2) is 35.4 Å². The van der Waals surface area contributed by atoms with Gasteiger partial charge in [-0.05, 0) is 37.7 Å². The fourth-order valence-corrected chi connectivity index (χ4v) is 3.98. The molecule has 29 heavy (non-hydrogen) atoms. The van der Waals surface area contributed by atoms with E-state index in [9.17, 15) is 4.79 Å². The van der Waals surface area contributed by atoms with Gasteiger partial charge in [-0.1, -0.05) is 55.8 Å². The number of aryl methyl sites for hydroxylation is 1. The quantitative estimate of drug-likeness (QED) is 0.547. The van der Waals surface area contributed by atoms with E-state index in [2.05, 4.69) is 60.6 Å². The summed E-state index contributed by atoms with van der Waals surface area (Å²) in [6.07, 6.45) is 0.730. The monoisotopic (exact) mass is 407 g/mol. The van der Waals surface area contributed by atoms with Crippen molar-refractivity contribution >= 4 is 17.2 Å². The van der Waals surface area contributed by atoms with Crippen molar-refractivity contribution in [1.29, 1.82) is 0 Å². The van der Waals surface area contributed by atoms with Crippen molar-refractivity contribution in [1.82, 2.24) is 15.2 Å². The average Bonchev–Trinajstić information content (AvgIpc) is 3.21. The summed E-state index contributed by atoms with van der Waals surface area (Å²) in [4.78, 5) is 19.5. The third-order valence-electron chi connectivity index (χ3n) is 5.03. The van der Waals surface area contributed by atoms with Crippen molar-refractivity contribution in [3.8, 4) is 10.6 Å². The summed E-state index contributed by atoms with van der Waals surface area (Å²) in [5.41, 5.74) is 5.33. The van der Waals surface area contributed by atoms with E-state index < -0.39 is 0 Å². The predicted molar refractivity (Wildman–Crippen MR) is 121 cm³/mol. The van der Waals surface area contributed by atoms with Crippen molar-refractivity contribution < 1.29 is 4.79 Å². The summed E-state index contributed by atoms with van der Waals surface area (Å²) in [5.74, 6) is -0.0339. The maximum atomic E-state index is 12.4. The van der Waals surface area contributed by atoms with E-state index in [1.54, 1.807) is 11.3 Å². The van der Waals surface area contributed by atoms with Crippen LogP contribution in [0, 0.1) is 6.92 Å². The Morgan fingerprint density at radius 1 is 1.03 bits per heavy atom. The molecule has 0 aliphatic rings. The van der Waals surface area contributed by atoms with Gasteiger partial charge < -0.3 is 5.32 Å². The lowest BCUT2D eigenvalue weighted by Gasteiger charge is -2.18. The lowest BCUT2D eigenvalue weighted by molar-refractivity contribution is 0.0954. The van der Waals surface area contributed by atoms with E-state index in [1.165, 1.54) is 11.1 Å². The molecule has 152 valence electrons. The van der Waals surface area contributed by atoms with Crippen LogP contribution in [0.2, 0.25) is 0 Å². The van der Waals surface area contributed by atoms with Crippen LogP contribution >= 0.6 is 11.3 Å². The first-order valence-corrected chi connectivity index (χ1v) is 11.1. The summed E-state index contributed by atoms with van der Waals surface area (Å²) in [5, 5.41) is 6.10. The SMILES string of the molecule is CCN(CC)Cc1ccc(C(=O)NCCc2csc(-c3ccc(C)cc3)n2)cc1. The number of benzene rings is 2. The molecule has 3 rings (SSSR count). The molecular weight excluding hydrogens is 378 g/mol. The smallest absolute Gasteiger partial charge is 0.251 e. The van der Waals surface area contributed by atoms with Crippen molar-refractivity contribution in [2.45, 2.75) is 33.7 Å². The molecule has 2 aromatic carbocycles. The Bertz CT molecular complexity index is 912. The summed E-state index contributed by atoms with van der Waals surface area (Å²) < 4.78 is 0. The van der Waals surface area contributed by atoms with Crippen LogP contribution in [-0.2, 0) is 13.0 Å². The van der Waals surface area contributed by atoms with E-state index >= 15 is 0 Å². The lowest BCUT2D eigenvalue weighted by atomic mass is 10.1. The van der Waals surface area contributed by atoms with Gasteiger partial charge in [-0.25, -0.2) is 4.98 Å². The van der Waals surface area contributed by atoms with Crippen molar-refractivity contribution in [2.24, 2.45) is 0 Å². The number of thiazole rings is 1. The summed E-state index contributed by atoms with van der Waals surface area (Å²) >= 11 is 1.65. The molecule has 0 radical (unpaired) electrons. The largest absolute Gasteiger partial charge is 0.352 e. The van der Waals surface area contributed by atoms with Crippen LogP contribution in [0.25, 0.3) is 10.6 Å². The van der Waals surface area contributed by atoms with Crippen LogP contribution in [0.3, 0.4) is 0 Å². The maximum Gasteiger partial charge on any atom is 0.251 e. The number of hydrogen-bond donors (Lipinski definition) is 1. The number of nitrogens with zero attached hydrogens (tertiary/aromatic N) is 2. The van der Waals surface area contributed by atoms with Crippen molar-refractivity contribution in [3.05, 3.63) is 76.3 Å². The number of hydrogen-bond acceptors (Lipinski definition) is 4. The van der Waals surface area contributed by atoms with Crippen molar-refractivity contribution in [2.75, 3.05) is 19.6 Å². The highest BCUT2D eigenvalue weighted by molar-refractivity contribution is 7.13. The molecule has 1 N–H and O–H groups in total. The molecule has 4 nitrogen and oxygen atoms in total. The van der Waals surface area contributed by atoms with Gasteiger partial charge in [-0.3, -0.25) is 9.69 Å². The molecule has 5 heteroatoms. The van der Waals surface area contributed by atoms with Gasteiger partial charge in [-0.2, -0.15) is 0 Å². The van der Waals surface area contributed by atoms with Crippen LogP contribution in [0.4, 0.5) is 0 Å².